The fraction of sp³-hybridized carbons (Fsp3) is 0.692. The van der Waals surface area contributed by atoms with Crippen LogP contribution >= 0.6 is 22.9 Å². The van der Waals surface area contributed by atoms with E-state index in [1.54, 1.807) is 11.3 Å². The molecule has 17 heavy (non-hydrogen) atoms. The summed E-state index contributed by atoms with van der Waals surface area (Å²) >= 11 is 7.70. The lowest BCUT2D eigenvalue weighted by molar-refractivity contribution is 0.110. The second-order valence-corrected chi connectivity index (χ2v) is 6.99. The summed E-state index contributed by atoms with van der Waals surface area (Å²) in [5, 5.41) is 3.66. The molecular formula is C13H19ClN2S. The lowest BCUT2D eigenvalue weighted by Crippen LogP contribution is -2.51. The first-order valence-electron chi connectivity index (χ1n) is 6.51. The molecule has 2 aliphatic rings. The van der Waals surface area contributed by atoms with Crippen LogP contribution in [0.15, 0.2) is 12.1 Å². The molecule has 0 radical (unpaired) electrons. The first-order chi connectivity index (χ1) is 8.31. The molecule has 1 N–H and O–H groups in total. The van der Waals surface area contributed by atoms with Gasteiger partial charge in [-0.25, -0.2) is 0 Å². The molecule has 1 aromatic rings. The zero-order valence-corrected chi connectivity index (χ0v) is 11.6. The summed E-state index contributed by atoms with van der Waals surface area (Å²) in [6, 6.07) is 4.96. The van der Waals surface area contributed by atoms with Gasteiger partial charge in [-0.1, -0.05) is 11.6 Å². The molecule has 3 rings (SSSR count). The summed E-state index contributed by atoms with van der Waals surface area (Å²) in [7, 11) is 0. The molecule has 2 fully saturated rings. The van der Waals surface area contributed by atoms with Crippen LogP contribution in [0.4, 0.5) is 0 Å². The molecule has 0 aromatic carbocycles. The largest absolute Gasteiger partial charge is 0.314 e. The van der Waals surface area contributed by atoms with Gasteiger partial charge in [0.05, 0.1) is 4.34 Å². The number of likely N-dealkylation sites (tertiary alicyclic amines) is 1. The molecule has 0 aliphatic carbocycles. The predicted octanol–water partition coefficient (Wildman–Crippen LogP) is 2.98. The zero-order valence-electron chi connectivity index (χ0n) is 9.99. The van der Waals surface area contributed by atoms with Gasteiger partial charge < -0.3 is 5.32 Å². The molecule has 2 unspecified atom stereocenters. The lowest BCUT2D eigenvalue weighted by atomic mass is 9.85. The highest BCUT2D eigenvalue weighted by molar-refractivity contribution is 7.16. The Hall–Kier alpha value is -0.0900. The van der Waals surface area contributed by atoms with Crippen LogP contribution in [0.25, 0.3) is 0 Å². The maximum Gasteiger partial charge on any atom is 0.0931 e. The lowest BCUT2D eigenvalue weighted by Gasteiger charge is -2.41. The van der Waals surface area contributed by atoms with Gasteiger partial charge in [0.25, 0.3) is 0 Å². The van der Waals surface area contributed by atoms with Crippen LogP contribution < -0.4 is 5.32 Å². The Labute approximate surface area is 112 Å². The van der Waals surface area contributed by atoms with E-state index < -0.39 is 0 Å². The summed E-state index contributed by atoms with van der Waals surface area (Å²) in [4.78, 5) is 3.99. The number of hydrogen-bond acceptors (Lipinski definition) is 3. The SMILES string of the molecule is Clc1ccc(CN2CCC3NCCCC3C2)s1. The van der Waals surface area contributed by atoms with E-state index in [1.165, 1.54) is 43.8 Å². The molecule has 4 heteroatoms. The number of nitrogens with one attached hydrogen (secondary N) is 1. The van der Waals surface area contributed by atoms with Gasteiger partial charge in [0, 0.05) is 30.6 Å². The number of hydrogen-bond donors (Lipinski definition) is 1. The number of fused-ring (bicyclic) bond motifs is 1. The third-order valence-electron chi connectivity index (χ3n) is 3.98. The smallest absolute Gasteiger partial charge is 0.0931 e. The minimum atomic E-state index is 0.784. The van der Waals surface area contributed by atoms with Gasteiger partial charge in [-0.15, -0.1) is 11.3 Å². The standard InChI is InChI=1S/C13H19ClN2S/c14-13-4-3-11(17-13)9-16-7-5-12-10(8-16)2-1-6-15-12/h3-4,10,12,15H,1-2,5-9H2. The Kier molecular flexibility index (Phi) is 3.71. The van der Waals surface area contributed by atoms with Crippen molar-refractivity contribution in [3.63, 3.8) is 0 Å². The number of rotatable bonds is 2. The third-order valence-corrected chi connectivity index (χ3v) is 5.20. The molecule has 0 bridgehead atoms. The van der Waals surface area contributed by atoms with Crippen molar-refractivity contribution in [1.29, 1.82) is 0 Å². The van der Waals surface area contributed by atoms with Crippen molar-refractivity contribution in [2.75, 3.05) is 19.6 Å². The minimum Gasteiger partial charge on any atom is -0.314 e. The van der Waals surface area contributed by atoms with Crippen LogP contribution in [0.5, 0.6) is 0 Å². The highest BCUT2D eigenvalue weighted by Gasteiger charge is 2.30. The van der Waals surface area contributed by atoms with Crippen molar-refractivity contribution < 1.29 is 0 Å². The quantitative estimate of drug-likeness (QED) is 0.889. The third kappa shape index (κ3) is 2.84. The van der Waals surface area contributed by atoms with E-state index in [4.69, 9.17) is 11.6 Å². The highest BCUT2D eigenvalue weighted by atomic mass is 35.5. The van der Waals surface area contributed by atoms with Crippen LogP contribution in [-0.2, 0) is 6.54 Å². The van der Waals surface area contributed by atoms with Gasteiger partial charge in [-0.3, -0.25) is 4.90 Å². The Morgan fingerprint density at radius 1 is 1.41 bits per heavy atom. The topological polar surface area (TPSA) is 15.3 Å². The van der Waals surface area contributed by atoms with E-state index in [1.807, 2.05) is 6.07 Å². The summed E-state index contributed by atoms with van der Waals surface area (Å²) in [6.45, 7) is 4.79. The van der Waals surface area contributed by atoms with Crippen LogP contribution in [0.2, 0.25) is 4.34 Å². The van der Waals surface area contributed by atoms with Crippen molar-refractivity contribution in [2.24, 2.45) is 5.92 Å². The molecule has 94 valence electrons. The average Bonchev–Trinajstić information content (AvgIpc) is 2.75. The Morgan fingerprint density at radius 3 is 3.18 bits per heavy atom. The molecule has 2 saturated heterocycles. The zero-order chi connectivity index (χ0) is 11.7. The predicted molar refractivity (Wildman–Crippen MR) is 73.7 cm³/mol. The van der Waals surface area contributed by atoms with Crippen LogP contribution in [-0.4, -0.2) is 30.6 Å². The maximum atomic E-state index is 5.98. The van der Waals surface area contributed by atoms with Crippen LogP contribution in [0.3, 0.4) is 0 Å². The number of halogens is 1. The highest BCUT2D eigenvalue weighted by Crippen LogP contribution is 2.28. The average molecular weight is 271 g/mol. The minimum absolute atomic E-state index is 0.784. The van der Waals surface area contributed by atoms with Gasteiger partial charge in [0.2, 0.25) is 0 Å². The molecule has 2 atom stereocenters. The molecule has 3 heterocycles. The molecule has 0 amide bonds. The van der Waals surface area contributed by atoms with E-state index in [2.05, 4.69) is 16.3 Å². The maximum absolute atomic E-state index is 5.98. The molecule has 1 aromatic heterocycles. The second-order valence-electron chi connectivity index (χ2n) is 5.19. The molecule has 0 saturated carbocycles. The molecular weight excluding hydrogens is 252 g/mol. The Morgan fingerprint density at radius 2 is 2.35 bits per heavy atom. The Balaban J connectivity index is 1.58. The van der Waals surface area contributed by atoms with E-state index in [-0.39, 0.29) is 0 Å². The van der Waals surface area contributed by atoms with Gasteiger partial charge >= 0.3 is 0 Å². The number of nitrogens with zero attached hydrogens (tertiary/aromatic N) is 1. The van der Waals surface area contributed by atoms with Crippen molar-refractivity contribution in [2.45, 2.75) is 31.8 Å². The van der Waals surface area contributed by atoms with E-state index in [0.29, 0.717) is 0 Å². The number of thiophene rings is 1. The number of piperidine rings is 2. The summed E-state index contributed by atoms with van der Waals surface area (Å²) in [6.07, 6.45) is 4.06. The van der Waals surface area contributed by atoms with Gasteiger partial charge in [0.15, 0.2) is 0 Å². The molecule has 2 aliphatic heterocycles. The van der Waals surface area contributed by atoms with Crippen molar-refractivity contribution >= 4 is 22.9 Å². The van der Waals surface area contributed by atoms with Crippen molar-refractivity contribution in [3.8, 4) is 0 Å². The van der Waals surface area contributed by atoms with Gasteiger partial charge in [-0.2, -0.15) is 0 Å². The van der Waals surface area contributed by atoms with Gasteiger partial charge in [0.1, 0.15) is 0 Å². The molecule has 2 nitrogen and oxygen atoms in total. The summed E-state index contributed by atoms with van der Waals surface area (Å²) in [5.41, 5.74) is 0. The van der Waals surface area contributed by atoms with Crippen LogP contribution in [0.1, 0.15) is 24.1 Å². The van der Waals surface area contributed by atoms with E-state index >= 15 is 0 Å². The molecule has 0 spiro atoms. The second kappa shape index (κ2) is 5.27. The fourth-order valence-corrected chi connectivity index (χ4v) is 4.25. The first kappa shape index (κ1) is 12.0. The first-order valence-corrected chi connectivity index (χ1v) is 7.70. The Bertz CT molecular complexity index is 379. The normalized spacial score (nSPS) is 30.2. The van der Waals surface area contributed by atoms with Gasteiger partial charge in [-0.05, 0) is 43.9 Å². The van der Waals surface area contributed by atoms with Crippen molar-refractivity contribution in [1.82, 2.24) is 10.2 Å². The van der Waals surface area contributed by atoms with E-state index in [0.717, 1.165) is 22.8 Å². The summed E-state index contributed by atoms with van der Waals surface area (Å²) < 4.78 is 0.911. The van der Waals surface area contributed by atoms with Crippen LogP contribution in [0, 0.1) is 5.92 Å². The summed E-state index contributed by atoms with van der Waals surface area (Å²) in [5.74, 6) is 0.868. The fourth-order valence-electron chi connectivity index (χ4n) is 3.12. The van der Waals surface area contributed by atoms with E-state index in [9.17, 15) is 0 Å². The van der Waals surface area contributed by atoms with Crippen molar-refractivity contribution in [3.05, 3.63) is 21.3 Å². The monoisotopic (exact) mass is 270 g/mol.